The first-order chi connectivity index (χ1) is 3.70. The number of aryl methyl sites for hydroxylation is 1. The molecule has 2 nitrogen and oxygen atoms in total. The van der Waals surface area contributed by atoms with Crippen LogP contribution in [-0.2, 0) is 7.05 Å². The van der Waals surface area contributed by atoms with Crippen LogP contribution in [0.3, 0.4) is 0 Å². The van der Waals surface area contributed by atoms with Crippen LogP contribution in [0, 0.1) is 0 Å². The van der Waals surface area contributed by atoms with E-state index in [-0.39, 0.29) is 31.5 Å². The molecular formula is C4H6ClMgNOS. The standard InChI is InChI=1S/C4H4ClNOS.Mg.2H/c1-6-4(7)2-3(5)8-6;;;/h2H,1H3;;;/q;+2;2*-1. The van der Waals surface area contributed by atoms with Crippen LogP contribution in [0.15, 0.2) is 10.9 Å². The summed E-state index contributed by atoms with van der Waals surface area (Å²) in [4.78, 5) is 10.5. The molecule has 5 heteroatoms. The van der Waals surface area contributed by atoms with Gasteiger partial charge in [0.05, 0.1) is 0 Å². The van der Waals surface area contributed by atoms with Crippen LogP contribution in [0.1, 0.15) is 2.85 Å². The van der Waals surface area contributed by atoms with Gasteiger partial charge in [-0.1, -0.05) is 11.6 Å². The number of hydrogen-bond acceptors (Lipinski definition) is 2. The van der Waals surface area contributed by atoms with E-state index in [1.807, 2.05) is 0 Å². The van der Waals surface area contributed by atoms with Crippen molar-refractivity contribution >= 4 is 46.2 Å². The minimum atomic E-state index is -0.0417. The van der Waals surface area contributed by atoms with Crippen molar-refractivity contribution in [1.82, 2.24) is 3.96 Å². The quantitative estimate of drug-likeness (QED) is 0.539. The van der Waals surface area contributed by atoms with E-state index in [1.165, 1.54) is 21.6 Å². The van der Waals surface area contributed by atoms with Crippen molar-refractivity contribution in [2.24, 2.45) is 7.05 Å². The zero-order valence-electron chi connectivity index (χ0n) is 6.93. The van der Waals surface area contributed by atoms with Gasteiger partial charge in [-0.25, -0.2) is 0 Å². The van der Waals surface area contributed by atoms with E-state index in [0.717, 1.165) is 0 Å². The monoisotopic (exact) mass is 175 g/mol. The second-order valence-electron chi connectivity index (χ2n) is 1.38. The molecule has 0 spiro atoms. The van der Waals surface area contributed by atoms with E-state index in [2.05, 4.69) is 0 Å². The van der Waals surface area contributed by atoms with Gasteiger partial charge in [-0.2, -0.15) is 0 Å². The maximum atomic E-state index is 10.5. The third-order valence-corrected chi connectivity index (χ3v) is 1.83. The Morgan fingerprint density at radius 3 is 2.56 bits per heavy atom. The predicted octanol–water partition coefficient (Wildman–Crippen LogP) is 0.944. The second-order valence-corrected chi connectivity index (χ2v) is 3.18. The van der Waals surface area contributed by atoms with Crippen LogP contribution in [0.2, 0.25) is 4.34 Å². The van der Waals surface area contributed by atoms with Gasteiger partial charge in [0.1, 0.15) is 4.34 Å². The number of rotatable bonds is 0. The van der Waals surface area contributed by atoms with Gasteiger partial charge < -0.3 is 2.85 Å². The van der Waals surface area contributed by atoms with Crippen LogP contribution in [-0.4, -0.2) is 27.0 Å². The van der Waals surface area contributed by atoms with E-state index >= 15 is 0 Å². The largest absolute Gasteiger partial charge is 2.00 e. The Kier molecular flexibility index (Phi) is 3.80. The fourth-order valence-corrected chi connectivity index (χ4v) is 1.35. The normalized spacial score (nSPS) is 8.67. The molecule has 0 amide bonds. The Bertz CT molecular complexity index is 250. The van der Waals surface area contributed by atoms with Crippen LogP contribution in [0.25, 0.3) is 0 Å². The smallest absolute Gasteiger partial charge is 1.00 e. The maximum absolute atomic E-state index is 10.5. The van der Waals surface area contributed by atoms with E-state index in [9.17, 15) is 4.79 Å². The summed E-state index contributed by atoms with van der Waals surface area (Å²) in [6.45, 7) is 0. The maximum Gasteiger partial charge on any atom is 2.00 e. The third-order valence-electron chi connectivity index (χ3n) is 0.771. The molecule has 0 saturated heterocycles. The topological polar surface area (TPSA) is 22.0 Å². The molecule has 0 atom stereocenters. The molecular weight excluding hydrogens is 170 g/mol. The van der Waals surface area contributed by atoms with Crippen molar-refractivity contribution < 1.29 is 2.85 Å². The van der Waals surface area contributed by atoms with Crippen LogP contribution in [0.5, 0.6) is 0 Å². The Hall–Kier alpha value is 0.486. The molecule has 1 rings (SSSR count). The summed E-state index contributed by atoms with van der Waals surface area (Å²) >= 11 is 6.70. The minimum Gasteiger partial charge on any atom is -1.00 e. The van der Waals surface area contributed by atoms with Gasteiger partial charge in [0.15, 0.2) is 0 Å². The average molecular weight is 176 g/mol. The minimum absolute atomic E-state index is 0. The summed E-state index contributed by atoms with van der Waals surface area (Å²) in [5.41, 5.74) is -0.0417. The summed E-state index contributed by atoms with van der Waals surface area (Å²) in [5.74, 6) is 0. The van der Waals surface area contributed by atoms with Crippen molar-refractivity contribution in [3.8, 4) is 0 Å². The zero-order chi connectivity index (χ0) is 6.15. The summed E-state index contributed by atoms with van der Waals surface area (Å²) in [7, 11) is 1.68. The van der Waals surface area contributed by atoms with Crippen molar-refractivity contribution in [2.45, 2.75) is 0 Å². The average Bonchev–Trinajstić information content (AvgIpc) is 1.85. The van der Waals surface area contributed by atoms with Gasteiger partial charge in [0.25, 0.3) is 5.56 Å². The fourth-order valence-electron chi connectivity index (χ4n) is 0.390. The van der Waals surface area contributed by atoms with E-state index in [1.54, 1.807) is 7.05 Å². The molecule has 0 N–H and O–H groups in total. The third kappa shape index (κ3) is 2.29. The molecule has 0 aliphatic heterocycles. The molecule has 9 heavy (non-hydrogen) atoms. The van der Waals surface area contributed by atoms with Crippen LogP contribution < -0.4 is 5.56 Å². The SMILES string of the molecule is Cn1sc(Cl)cc1=O.[H-].[H-].[Mg+2]. The molecule has 0 fully saturated rings. The van der Waals surface area contributed by atoms with Crippen molar-refractivity contribution in [3.63, 3.8) is 0 Å². The molecule has 0 aliphatic carbocycles. The predicted molar refractivity (Wildman–Crippen MR) is 42.5 cm³/mol. The van der Waals surface area contributed by atoms with E-state index < -0.39 is 0 Å². The number of hydrogen-bond donors (Lipinski definition) is 0. The molecule has 0 bridgehead atoms. The molecule has 1 heterocycles. The first-order valence-electron chi connectivity index (χ1n) is 2.03. The van der Waals surface area contributed by atoms with E-state index in [4.69, 9.17) is 11.6 Å². The number of aromatic nitrogens is 1. The molecule has 0 aliphatic rings. The van der Waals surface area contributed by atoms with Gasteiger partial charge in [-0.15, -0.1) is 0 Å². The Morgan fingerprint density at radius 2 is 2.44 bits per heavy atom. The molecule has 1 aromatic rings. The second kappa shape index (κ2) is 3.60. The number of halogens is 1. The molecule has 0 radical (unpaired) electrons. The molecule has 0 unspecified atom stereocenters. The van der Waals surface area contributed by atoms with Gasteiger partial charge in [0.2, 0.25) is 0 Å². The summed E-state index contributed by atoms with van der Waals surface area (Å²) in [6.07, 6.45) is 0. The summed E-state index contributed by atoms with van der Waals surface area (Å²) in [5, 5.41) is 0. The van der Waals surface area contributed by atoms with Gasteiger partial charge in [-0.3, -0.25) is 8.75 Å². The molecule has 0 saturated carbocycles. The molecule has 48 valence electrons. The van der Waals surface area contributed by atoms with Crippen LogP contribution >= 0.6 is 23.1 Å². The first kappa shape index (κ1) is 9.49. The van der Waals surface area contributed by atoms with Gasteiger partial charge in [-0.05, 0) is 11.5 Å². The Balaban J connectivity index is -0.000000213. The summed E-state index contributed by atoms with van der Waals surface area (Å²) < 4.78 is 2.01. The van der Waals surface area contributed by atoms with E-state index in [0.29, 0.717) is 4.34 Å². The van der Waals surface area contributed by atoms with Gasteiger partial charge >= 0.3 is 23.1 Å². The first-order valence-corrected chi connectivity index (χ1v) is 3.18. The number of nitrogens with zero attached hydrogens (tertiary/aromatic N) is 1. The molecule has 0 aromatic carbocycles. The van der Waals surface area contributed by atoms with Crippen molar-refractivity contribution in [1.29, 1.82) is 0 Å². The van der Waals surface area contributed by atoms with Crippen molar-refractivity contribution in [3.05, 3.63) is 20.8 Å². The van der Waals surface area contributed by atoms with Gasteiger partial charge in [0, 0.05) is 13.1 Å². The zero-order valence-corrected chi connectivity index (χ0v) is 7.91. The molecule has 1 aromatic heterocycles. The van der Waals surface area contributed by atoms with Crippen molar-refractivity contribution in [2.75, 3.05) is 0 Å². The summed E-state index contributed by atoms with van der Waals surface area (Å²) in [6, 6.07) is 1.40. The Labute approximate surface area is 80.7 Å². The van der Waals surface area contributed by atoms with Crippen LogP contribution in [0.4, 0.5) is 0 Å². The Morgan fingerprint density at radius 1 is 1.89 bits per heavy atom. The fraction of sp³-hybridized carbons (Fsp3) is 0.250.